The highest BCUT2D eigenvalue weighted by Crippen LogP contribution is 2.24. The number of aromatic nitrogens is 1. The summed E-state index contributed by atoms with van der Waals surface area (Å²) in [6.45, 7) is 8.16. The Kier molecular flexibility index (Phi) is 6.93. The van der Waals surface area contributed by atoms with E-state index >= 15 is 0 Å². The molecule has 1 unspecified atom stereocenters. The Labute approximate surface area is 119 Å². The van der Waals surface area contributed by atoms with Crippen LogP contribution in [0.25, 0.3) is 0 Å². The van der Waals surface area contributed by atoms with Crippen molar-refractivity contribution in [3.63, 3.8) is 0 Å². The van der Waals surface area contributed by atoms with Crippen LogP contribution in [0.2, 0.25) is 0 Å². The van der Waals surface area contributed by atoms with E-state index in [0.29, 0.717) is 32.7 Å². The maximum Gasteiger partial charge on any atom is 0.0954 e. The highest BCUT2D eigenvalue weighted by Gasteiger charge is 2.18. The van der Waals surface area contributed by atoms with Crippen LogP contribution in [-0.2, 0) is 21.3 Å². The van der Waals surface area contributed by atoms with Crippen molar-refractivity contribution in [1.82, 2.24) is 4.98 Å². The molecule has 1 aromatic heterocycles. The predicted octanol–water partition coefficient (Wildman–Crippen LogP) is 2.40. The predicted molar refractivity (Wildman–Crippen MR) is 77.8 cm³/mol. The third kappa shape index (κ3) is 6.47. The molecular weight excluding hydrogens is 262 g/mol. The van der Waals surface area contributed by atoms with Gasteiger partial charge >= 0.3 is 0 Å². The molecule has 5 heteroatoms. The Balaban J connectivity index is 2.28. The lowest BCUT2D eigenvalue weighted by Gasteiger charge is -2.14. The third-order valence-corrected chi connectivity index (χ3v) is 3.63. The maximum atomic E-state index is 9.93. The van der Waals surface area contributed by atoms with Gasteiger partial charge in [0.05, 0.1) is 30.0 Å². The fourth-order valence-electron chi connectivity index (χ4n) is 1.52. The lowest BCUT2D eigenvalue weighted by Crippen LogP contribution is -2.16. The summed E-state index contributed by atoms with van der Waals surface area (Å²) >= 11 is 1.62. The van der Waals surface area contributed by atoms with E-state index in [9.17, 15) is 5.11 Å². The first-order chi connectivity index (χ1) is 8.93. The third-order valence-electron chi connectivity index (χ3n) is 2.76. The quantitative estimate of drug-likeness (QED) is 0.746. The van der Waals surface area contributed by atoms with Gasteiger partial charge < -0.3 is 14.6 Å². The first kappa shape index (κ1) is 16.6. The van der Waals surface area contributed by atoms with E-state index in [1.165, 1.54) is 0 Å². The Bertz CT molecular complexity index is 360. The van der Waals surface area contributed by atoms with E-state index in [1.54, 1.807) is 18.4 Å². The van der Waals surface area contributed by atoms with Crippen LogP contribution >= 0.6 is 11.3 Å². The number of hydrogen-bond donors (Lipinski definition) is 1. The number of methoxy groups -OCH3 is 1. The van der Waals surface area contributed by atoms with Crippen molar-refractivity contribution in [2.75, 3.05) is 26.9 Å². The van der Waals surface area contributed by atoms with Gasteiger partial charge in [-0.1, -0.05) is 20.8 Å². The van der Waals surface area contributed by atoms with E-state index in [4.69, 9.17) is 9.47 Å². The van der Waals surface area contributed by atoms with Crippen LogP contribution in [0.5, 0.6) is 0 Å². The van der Waals surface area contributed by atoms with Gasteiger partial charge in [0, 0.05) is 30.9 Å². The zero-order valence-corrected chi connectivity index (χ0v) is 13.1. The van der Waals surface area contributed by atoms with Gasteiger partial charge in [-0.25, -0.2) is 4.98 Å². The molecule has 0 bridgehead atoms. The first-order valence-electron chi connectivity index (χ1n) is 6.63. The Morgan fingerprint density at radius 3 is 2.63 bits per heavy atom. The summed E-state index contributed by atoms with van der Waals surface area (Å²) in [5.41, 5.74) is 1.17. The zero-order valence-electron chi connectivity index (χ0n) is 12.3. The molecule has 1 rings (SSSR count). The number of hydrogen-bond acceptors (Lipinski definition) is 5. The number of nitrogens with zero attached hydrogens (tertiary/aromatic N) is 1. The standard InChI is InChI=1S/C14H25NO3S/c1-14(2,3)12-10-19-13(15-12)9-11(16)5-6-18-8-7-17-4/h10-11,16H,5-9H2,1-4H3. The van der Waals surface area contributed by atoms with Gasteiger partial charge in [0.2, 0.25) is 0 Å². The van der Waals surface area contributed by atoms with Crippen LogP contribution in [0.1, 0.15) is 37.9 Å². The monoisotopic (exact) mass is 287 g/mol. The summed E-state index contributed by atoms with van der Waals surface area (Å²) < 4.78 is 10.2. The summed E-state index contributed by atoms with van der Waals surface area (Å²) in [5.74, 6) is 0. The average molecular weight is 287 g/mol. The van der Waals surface area contributed by atoms with Gasteiger partial charge in [-0.2, -0.15) is 0 Å². The highest BCUT2D eigenvalue weighted by molar-refractivity contribution is 7.09. The number of aliphatic hydroxyl groups is 1. The normalized spacial score (nSPS) is 13.7. The molecule has 4 nitrogen and oxygen atoms in total. The molecule has 0 saturated heterocycles. The van der Waals surface area contributed by atoms with Crippen molar-refractivity contribution in [2.45, 2.75) is 45.1 Å². The lowest BCUT2D eigenvalue weighted by atomic mass is 9.93. The molecular formula is C14H25NO3S. The lowest BCUT2D eigenvalue weighted by molar-refractivity contribution is 0.0479. The fraction of sp³-hybridized carbons (Fsp3) is 0.786. The molecule has 1 aromatic rings. The van der Waals surface area contributed by atoms with Crippen molar-refractivity contribution in [3.8, 4) is 0 Å². The molecule has 0 saturated carbocycles. The molecule has 0 spiro atoms. The van der Waals surface area contributed by atoms with Crippen molar-refractivity contribution in [2.24, 2.45) is 0 Å². The molecule has 0 aliphatic rings. The van der Waals surface area contributed by atoms with Crippen molar-refractivity contribution < 1.29 is 14.6 Å². The summed E-state index contributed by atoms with van der Waals surface area (Å²) in [6, 6.07) is 0. The largest absolute Gasteiger partial charge is 0.393 e. The Morgan fingerprint density at radius 1 is 1.32 bits per heavy atom. The minimum atomic E-state index is -0.387. The van der Waals surface area contributed by atoms with Crippen molar-refractivity contribution in [3.05, 3.63) is 16.1 Å². The van der Waals surface area contributed by atoms with Crippen LogP contribution in [-0.4, -0.2) is 43.1 Å². The summed E-state index contributed by atoms with van der Waals surface area (Å²) in [7, 11) is 1.65. The highest BCUT2D eigenvalue weighted by atomic mass is 32.1. The molecule has 1 atom stereocenters. The molecule has 110 valence electrons. The minimum absolute atomic E-state index is 0.0724. The van der Waals surface area contributed by atoms with Gasteiger partial charge in [0.1, 0.15) is 0 Å². The molecule has 0 aliphatic heterocycles. The second-order valence-corrected chi connectivity index (χ2v) is 6.57. The van der Waals surface area contributed by atoms with E-state index in [1.807, 2.05) is 0 Å². The van der Waals surface area contributed by atoms with Gasteiger partial charge in [-0.3, -0.25) is 0 Å². The van der Waals surface area contributed by atoms with Crippen LogP contribution in [0.15, 0.2) is 5.38 Å². The fourth-order valence-corrected chi connectivity index (χ4v) is 2.61. The van der Waals surface area contributed by atoms with Gasteiger partial charge in [-0.15, -0.1) is 11.3 Å². The van der Waals surface area contributed by atoms with Crippen LogP contribution in [0.3, 0.4) is 0 Å². The zero-order chi connectivity index (χ0) is 14.3. The summed E-state index contributed by atoms with van der Waals surface area (Å²) in [5, 5.41) is 13.0. The molecule has 1 N–H and O–H groups in total. The second-order valence-electron chi connectivity index (χ2n) is 5.63. The number of ether oxygens (including phenoxy) is 2. The molecule has 1 heterocycles. The summed E-state index contributed by atoms with van der Waals surface area (Å²) in [4.78, 5) is 4.58. The van der Waals surface area contributed by atoms with Crippen LogP contribution in [0, 0.1) is 0 Å². The van der Waals surface area contributed by atoms with Gasteiger partial charge in [-0.05, 0) is 6.42 Å². The van der Waals surface area contributed by atoms with Crippen LogP contribution < -0.4 is 0 Å². The number of rotatable bonds is 8. The van der Waals surface area contributed by atoms with Gasteiger partial charge in [0.15, 0.2) is 0 Å². The van der Waals surface area contributed by atoms with E-state index < -0.39 is 0 Å². The molecule has 0 fully saturated rings. The molecule has 19 heavy (non-hydrogen) atoms. The molecule has 0 aliphatic carbocycles. The number of aliphatic hydroxyl groups excluding tert-OH is 1. The van der Waals surface area contributed by atoms with Crippen LogP contribution in [0.4, 0.5) is 0 Å². The Morgan fingerprint density at radius 2 is 2.05 bits per heavy atom. The van der Waals surface area contributed by atoms with Crippen molar-refractivity contribution >= 4 is 11.3 Å². The second kappa shape index (κ2) is 7.94. The Hall–Kier alpha value is -0.490. The topological polar surface area (TPSA) is 51.6 Å². The molecule has 0 aromatic carbocycles. The smallest absolute Gasteiger partial charge is 0.0954 e. The maximum absolute atomic E-state index is 9.93. The first-order valence-corrected chi connectivity index (χ1v) is 7.51. The minimum Gasteiger partial charge on any atom is -0.393 e. The average Bonchev–Trinajstić information content (AvgIpc) is 2.77. The molecule has 0 amide bonds. The SMILES string of the molecule is COCCOCCC(O)Cc1nc(C(C)(C)C)cs1. The van der Waals surface area contributed by atoms with Crippen molar-refractivity contribution in [1.29, 1.82) is 0 Å². The van der Waals surface area contributed by atoms with Gasteiger partial charge in [0.25, 0.3) is 0 Å². The van der Waals surface area contributed by atoms with E-state index in [-0.39, 0.29) is 11.5 Å². The van der Waals surface area contributed by atoms with E-state index in [2.05, 4.69) is 31.1 Å². The summed E-state index contributed by atoms with van der Waals surface area (Å²) in [6.07, 6.45) is 0.851. The molecule has 0 radical (unpaired) electrons. The van der Waals surface area contributed by atoms with E-state index in [0.717, 1.165) is 10.7 Å². The number of thiazole rings is 1.